The van der Waals surface area contributed by atoms with Crippen LogP contribution in [0.2, 0.25) is 0 Å². The van der Waals surface area contributed by atoms with Gasteiger partial charge in [0.05, 0.1) is 0 Å². The van der Waals surface area contributed by atoms with E-state index in [2.05, 4.69) is 16.7 Å². The molecular formula is C15H22N2OS. The molecule has 1 heterocycles. The second-order valence-electron chi connectivity index (χ2n) is 4.90. The topological polar surface area (TPSA) is 41.1 Å². The Morgan fingerprint density at radius 2 is 2.37 bits per heavy atom. The van der Waals surface area contributed by atoms with E-state index in [0.29, 0.717) is 6.04 Å². The normalized spacial score (nSPS) is 19.1. The van der Waals surface area contributed by atoms with Crippen molar-refractivity contribution >= 4 is 17.7 Å². The molecule has 0 radical (unpaired) electrons. The molecule has 1 aromatic carbocycles. The maximum Gasteiger partial charge on any atom is 0.251 e. The molecule has 0 aliphatic carbocycles. The van der Waals surface area contributed by atoms with Crippen LogP contribution in [0.4, 0.5) is 0 Å². The maximum absolute atomic E-state index is 11.6. The fourth-order valence-electron chi connectivity index (χ4n) is 2.33. The summed E-state index contributed by atoms with van der Waals surface area (Å²) in [5.74, 6) is 2.53. The van der Waals surface area contributed by atoms with E-state index in [9.17, 15) is 4.79 Å². The molecular weight excluding hydrogens is 256 g/mol. The van der Waals surface area contributed by atoms with Crippen molar-refractivity contribution in [2.45, 2.75) is 25.3 Å². The van der Waals surface area contributed by atoms with Gasteiger partial charge in [0.2, 0.25) is 0 Å². The first-order chi connectivity index (χ1) is 9.29. The van der Waals surface area contributed by atoms with Crippen LogP contribution < -0.4 is 10.6 Å². The summed E-state index contributed by atoms with van der Waals surface area (Å²) in [7, 11) is 1.66. The summed E-state index contributed by atoms with van der Waals surface area (Å²) >= 11 is 2.04. The Hall–Kier alpha value is -1.00. The van der Waals surface area contributed by atoms with Gasteiger partial charge >= 0.3 is 0 Å². The van der Waals surface area contributed by atoms with Gasteiger partial charge in [-0.25, -0.2) is 0 Å². The highest BCUT2D eigenvalue weighted by Crippen LogP contribution is 2.16. The average Bonchev–Trinajstić information content (AvgIpc) is 2.48. The Balaban J connectivity index is 1.80. The smallest absolute Gasteiger partial charge is 0.251 e. The number of carbonyl (C=O) groups excluding carboxylic acids is 1. The zero-order valence-electron chi connectivity index (χ0n) is 11.4. The molecule has 2 rings (SSSR count). The van der Waals surface area contributed by atoms with Crippen molar-refractivity contribution in [3.63, 3.8) is 0 Å². The second-order valence-corrected chi connectivity index (χ2v) is 6.05. The number of benzene rings is 1. The third-order valence-corrected chi connectivity index (χ3v) is 4.64. The van der Waals surface area contributed by atoms with Gasteiger partial charge in [-0.2, -0.15) is 11.8 Å². The summed E-state index contributed by atoms with van der Waals surface area (Å²) < 4.78 is 0. The van der Waals surface area contributed by atoms with Crippen molar-refractivity contribution in [1.29, 1.82) is 0 Å². The highest BCUT2D eigenvalue weighted by molar-refractivity contribution is 7.99. The molecule has 1 fully saturated rings. The van der Waals surface area contributed by atoms with E-state index in [1.165, 1.54) is 29.9 Å². The Morgan fingerprint density at radius 1 is 1.47 bits per heavy atom. The molecule has 4 heteroatoms. The van der Waals surface area contributed by atoms with Crippen LogP contribution in [0.15, 0.2) is 24.3 Å². The van der Waals surface area contributed by atoms with Crippen LogP contribution in [0.25, 0.3) is 0 Å². The van der Waals surface area contributed by atoms with Gasteiger partial charge in [0.25, 0.3) is 5.91 Å². The van der Waals surface area contributed by atoms with E-state index in [1.54, 1.807) is 7.05 Å². The van der Waals surface area contributed by atoms with Gasteiger partial charge in [-0.1, -0.05) is 12.1 Å². The molecule has 3 nitrogen and oxygen atoms in total. The van der Waals surface area contributed by atoms with Crippen LogP contribution in [-0.2, 0) is 6.42 Å². The monoisotopic (exact) mass is 278 g/mol. The lowest BCUT2D eigenvalue weighted by Gasteiger charge is -2.22. The summed E-state index contributed by atoms with van der Waals surface area (Å²) in [6.45, 7) is 0.989. The highest BCUT2D eigenvalue weighted by Gasteiger charge is 2.12. The van der Waals surface area contributed by atoms with E-state index in [4.69, 9.17) is 0 Å². The van der Waals surface area contributed by atoms with Crippen LogP contribution >= 0.6 is 11.8 Å². The zero-order valence-corrected chi connectivity index (χ0v) is 12.3. The molecule has 2 N–H and O–H groups in total. The number of amides is 1. The minimum atomic E-state index is -0.0153. The molecule has 1 amide bonds. The Kier molecular flexibility index (Phi) is 5.73. The van der Waals surface area contributed by atoms with Crippen molar-refractivity contribution in [1.82, 2.24) is 10.6 Å². The Morgan fingerprint density at radius 3 is 3.11 bits per heavy atom. The number of hydrogen-bond acceptors (Lipinski definition) is 3. The predicted molar refractivity (Wildman–Crippen MR) is 81.9 cm³/mol. The molecule has 104 valence electrons. The van der Waals surface area contributed by atoms with Gasteiger partial charge in [-0.15, -0.1) is 0 Å². The first-order valence-electron chi connectivity index (χ1n) is 6.92. The maximum atomic E-state index is 11.6. The number of carbonyl (C=O) groups is 1. The summed E-state index contributed by atoms with van der Waals surface area (Å²) in [5, 5.41) is 6.27. The molecule has 1 aliphatic heterocycles. The zero-order chi connectivity index (χ0) is 13.5. The SMILES string of the molecule is CNC(=O)c1cccc(CCN[C@@H]2CCCSC2)c1. The molecule has 0 aromatic heterocycles. The lowest BCUT2D eigenvalue weighted by atomic mass is 10.1. The van der Waals surface area contributed by atoms with Crippen LogP contribution in [0.3, 0.4) is 0 Å². The van der Waals surface area contributed by atoms with Gasteiger partial charge in [0.1, 0.15) is 0 Å². The van der Waals surface area contributed by atoms with Crippen molar-refractivity contribution in [2.75, 3.05) is 25.1 Å². The van der Waals surface area contributed by atoms with Gasteiger partial charge < -0.3 is 10.6 Å². The first-order valence-corrected chi connectivity index (χ1v) is 8.07. The average molecular weight is 278 g/mol. The number of rotatable bonds is 5. The van der Waals surface area contributed by atoms with Gasteiger partial charge in [0, 0.05) is 24.4 Å². The summed E-state index contributed by atoms with van der Waals surface area (Å²) in [4.78, 5) is 11.6. The Bertz CT molecular complexity index is 416. The standard InChI is InChI=1S/C15H22N2OS/c1-16-15(18)13-5-2-4-12(10-13)7-8-17-14-6-3-9-19-11-14/h2,4-5,10,14,17H,3,6-9,11H2,1H3,(H,16,18)/t14-/m1/s1. The van der Waals surface area contributed by atoms with Crippen molar-refractivity contribution in [3.8, 4) is 0 Å². The van der Waals surface area contributed by atoms with Crippen molar-refractivity contribution in [3.05, 3.63) is 35.4 Å². The molecule has 0 unspecified atom stereocenters. The van der Waals surface area contributed by atoms with Gasteiger partial charge in [-0.3, -0.25) is 4.79 Å². The first kappa shape index (κ1) is 14.4. The quantitative estimate of drug-likeness (QED) is 0.866. The lowest BCUT2D eigenvalue weighted by Crippen LogP contribution is -2.35. The highest BCUT2D eigenvalue weighted by atomic mass is 32.2. The third kappa shape index (κ3) is 4.55. The number of thioether (sulfide) groups is 1. The molecule has 0 bridgehead atoms. The molecule has 1 atom stereocenters. The van der Waals surface area contributed by atoms with E-state index in [0.717, 1.165) is 18.5 Å². The minimum Gasteiger partial charge on any atom is -0.355 e. The number of hydrogen-bond donors (Lipinski definition) is 2. The molecule has 0 spiro atoms. The molecule has 0 saturated carbocycles. The molecule has 19 heavy (non-hydrogen) atoms. The van der Waals surface area contributed by atoms with E-state index in [1.807, 2.05) is 30.0 Å². The third-order valence-electron chi connectivity index (χ3n) is 3.42. The largest absolute Gasteiger partial charge is 0.355 e. The molecule has 1 saturated heterocycles. The second kappa shape index (κ2) is 7.56. The molecule has 1 aliphatic rings. The summed E-state index contributed by atoms with van der Waals surface area (Å²) in [6, 6.07) is 8.55. The number of nitrogens with one attached hydrogen (secondary N) is 2. The van der Waals surface area contributed by atoms with Gasteiger partial charge in [-0.05, 0) is 49.3 Å². The van der Waals surface area contributed by atoms with Crippen LogP contribution in [0.1, 0.15) is 28.8 Å². The van der Waals surface area contributed by atoms with Crippen LogP contribution in [0.5, 0.6) is 0 Å². The van der Waals surface area contributed by atoms with Gasteiger partial charge in [0.15, 0.2) is 0 Å². The van der Waals surface area contributed by atoms with E-state index >= 15 is 0 Å². The van der Waals surface area contributed by atoms with Crippen LogP contribution in [-0.4, -0.2) is 37.0 Å². The summed E-state index contributed by atoms with van der Waals surface area (Å²) in [5.41, 5.74) is 1.96. The summed E-state index contributed by atoms with van der Waals surface area (Å²) in [6.07, 6.45) is 3.60. The van der Waals surface area contributed by atoms with Crippen molar-refractivity contribution in [2.24, 2.45) is 0 Å². The fraction of sp³-hybridized carbons (Fsp3) is 0.533. The van der Waals surface area contributed by atoms with E-state index < -0.39 is 0 Å². The fourth-order valence-corrected chi connectivity index (χ4v) is 3.44. The van der Waals surface area contributed by atoms with Crippen molar-refractivity contribution < 1.29 is 4.79 Å². The van der Waals surface area contributed by atoms with E-state index in [-0.39, 0.29) is 5.91 Å². The van der Waals surface area contributed by atoms with Crippen LogP contribution in [0, 0.1) is 0 Å². The lowest BCUT2D eigenvalue weighted by molar-refractivity contribution is 0.0963. The predicted octanol–water partition coefficient (Wildman–Crippen LogP) is 2.07. The molecule has 1 aromatic rings. The minimum absolute atomic E-state index is 0.0153. The Labute approximate surface area is 119 Å².